The van der Waals surface area contributed by atoms with Gasteiger partial charge in [0, 0.05) is 6.54 Å². The molecule has 1 aromatic carbocycles. The Morgan fingerprint density at radius 1 is 1.08 bits per heavy atom. The molecule has 24 heavy (non-hydrogen) atoms. The van der Waals surface area contributed by atoms with Crippen LogP contribution in [0.25, 0.3) is 0 Å². The maximum Gasteiger partial charge on any atom is 0.417 e. The normalized spacial score (nSPS) is 15.8. The second kappa shape index (κ2) is 5.84. The number of anilines is 1. The molecule has 0 atom stereocenters. The molecule has 2 rings (SSSR count). The van der Waals surface area contributed by atoms with E-state index >= 15 is 0 Å². The van der Waals surface area contributed by atoms with Crippen LogP contribution in [0.15, 0.2) is 24.3 Å². The van der Waals surface area contributed by atoms with E-state index in [4.69, 9.17) is 5.73 Å². The van der Waals surface area contributed by atoms with E-state index in [9.17, 15) is 35.9 Å². The fraction of sp³-hybridized carbons (Fsp3) is 0.286. The van der Waals surface area contributed by atoms with E-state index in [1.807, 2.05) is 0 Å². The number of ketones is 1. The highest BCUT2D eigenvalue weighted by atomic mass is 19.4. The van der Waals surface area contributed by atoms with Gasteiger partial charge in [-0.05, 0) is 18.2 Å². The van der Waals surface area contributed by atoms with Gasteiger partial charge in [-0.3, -0.25) is 9.59 Å². The van der Waals surface area contributed by atoms with Gasteiger partial charge in [0.05, 0.1) is 28.9 Å². The minimum Gasteiger partial charge on any atom is -0.366 e. The lowest BCUT2D eigenvalue weighted by molar-refractivity contribution is -0.143. The molecule has 0 unspecified atom stereocenters. The highest BCUT2D eigenvalue weighted by molar-refractivity contribution is 6.02. The molecule has 1 aromatic rings. The lowest BCUT2D eigenvalue weighted by atomic mass is 9.98. The summed E-state index contributed by atoms with van der Waals surface area (Å²) in [6.07, 6.45) is -7.88. The first-order valence-corrected chi connectivity index (χ1v) is 6.48. The summed E-state index contributed by atoms with van der Waals surface area (Å²) in [4.78, 5) is 23.8. The number of halogens is 6. The molecular weight excluding hydrogens is 342 g/mol. The van der Waals surface area contributed by atoms with Gasteiger partial charge in [0.15, 0.2) is 5.78 Å². The molecule has 1 heterocycles. The van der Waals surface area contributed by atoms with E-state index in [0.717, 1.165) is 11.0 Å². The second-order valence-corrected chi connectivity index (χ2v) is 5.03. The van der Waals surface area contributed by atoms with Gasteiger partial charge in [0.1, 0.15) is 0 Å². The third-order valence-corrected chi connectivity index (χ3v) is 3.31. The Bertz CT molecular complexity index is 721. The van der Waals surface area contributed by atoms with Crippen LogP contribution in [0.3, 0.4) is 0 Å². The van der Waals surface area contributed by atoms with Crippen LogP contribution >= 0.6 is 0 Å². The maximum atomic E-state index is 13.1. The van der Waals surface area contributed by atoms with Crippen LogP contribution in [-0.2, 0) is 17.1 Å². The van der Waals surface area contributed by atoms with Crippen LogP contribution < -0.4 is 10.6 Å². The zero-order chi connectivity index (χ0) is 18.3. The molecule has 0 aliphatic carbocycles. The quantitative estimate of drug-likeness (QED) is 0.833. The van der Waals surface area contributed by atoms with Gasteiger partial charge < -0.3 is 10.6 Å². The Morgan fingerprint density at radius 3 is 2.17 bits per heavy atom. The summed E-state index contributed by atoms with van der Waals surface area (Å²) in [5, 5.41) is 0. The number of carbonyl (C=O) groups is 2. The minimum atomic E-state index is -5.23. The monoisotopic (exact) mass is 352 g/mol. The molecule has 2 N–H and O–H groups in total. The number of carbonyl (C=O) groups excluding carboxylic acids is 2. The number of benzene rings is 1. The second-order valence-electron chi connectivity index (χ2n) is 5.03. The van der Waals surface area contributed by atoms with E-state index in [-0.39, 0.29) is 12.6 Å². The number of hydrogen-bond acceptors (Lipinski definition) is 3. The highest BCUT2D eigenvalue weighted by Gasteiger charge is 2.41. The molecule has 130 valence electrons. The maximum absolute atomic E-state index is 13.1. The molecule has 1 aliphatic heterocycles. The van der Waals surface area contributed by atoms with Gasteiger partial charge in [0.2, 0.25) is 0 Å². The van der Waals surface area contributed by atoms with Crippen molar-refractivity contribution in [2.24, 2.45) is 5.73 Å². The van der Waals surface area contributed by atoms with Crippen molar-refractivity contribution in [3.05, 3.63) is 41.0 Å². The van der Waals surface area contributed by atoms with Crippen molar-refractivity contribution in [1.29, 1.82) is 0 Å². The summed E-state index contributed by atoms with van der Waals surface area (Å²) < 4.78 is 78.2. The van der Waals surface area contributed by atoms with Crippen LogP contribution in [0.4, 0.5) is 32.0 Å². The van der Waals surface area contributed by atoms with Crippen LogP contribution in [0, 0.1) is 0 Å². The van der Waals surface area contributed by atoms with Crippen LogP contribution in [-0.4, -0.2) is 24.8 Å². The Kier molecular flexibility index (Phi) is 4.34. The van der Waals surface area contributed by atoms with Crippen LogP contribution in [0.2, 0.25) is 0 Å². The molecule has 0 spiro atoms. The summed E-state index contributed by atoms with van der Waals surface area (Å²) in [7, 11) is 0. The van der Waals surface area contributed by atoms with Gasteiger partial charge in [-0.25, -0.2) is 0 Å². The van der Waals surface area contributed by atoms with Gasteiger partial charge >= 0.3 is 12.4 Å². The Hall–Kier alpha value is -2.52. The van der Waals surface area contributed by atoms with Crippen molar-refractivity contribution in [2.45, 2.75) is 12.4 Å². The number of nitrogens with two attached hydrogens (primary N) is 1. The van der Waals surface area contributed by atoms with Crippen molar-refractivity contribution < 1.29 is 35.9 Å². The molecule has 0 saturated heterocycles. The summed E-state index contributed by atoms with van der Waals surface area (Å²) >= 11 is 0. The Balaban J connectivity index is 2.77. The van der Waals surface area contributed by atoms with Gasteiger partial charge in [-0.1, -0.05) is 6.08 Å². The first-order valence-electron chi connectivity index (χ1n) is 6.48. The first-order chi connectivity index (χ1) is 10.9. The predicted octanol–water partition coefficient (Wildman–Crippen LogP) is 2.77. The van der Waals surface area contributed by atoms with E-state index in [2.05, 4.69) is 0 Å². The lowest BCUT2D eigenvalue weighted by Gasteiger charge is -2.28. The summed E-state index contributed by atoms with van der Waals surface area (Å²) in [6.45, 7) is -0.597. The molecule has 0 aromatic heterocycles. The van der Waals surface area contributed by atoms with Crippen molar-refractivity contribution >= 4 is 17.4 Å². The third kappa shape index (κ3) is 3.52. The number of primary amides is 1. The number of nitrogens with zero attached hydrogens (tertiary/aromatic N) is 1. The number of alkyl halides is 6. The highest BCUT2D eigenvalue weighted by Crippen LogP contribution is 2.41. The predicted molar refractivity (Wildman–Crippen MR) is 71.3 cm³/mol. The molecule has 1 amide bonds. The topological polar surface area (TPSA) is 63.4 Å². The van der Waals surface area contributed by atoms with Gasteiger partial charge in [-0.2, -0.15) is 26.3 Å². The molecule has 10 heteroatoms. The first kappa shape index (κ1) is 17.8. The average Bonchev–Trinajstić information content (AvgIpc) is 2.43. The fourth-order valence-electron chi connectivity index (χ4n) is 2.32. The van der Waals surface area contributed by atoms with E-state index in [1.165, 1.54) is 6.08 Å². The Morgan fingerprint density at radius 2 is 1.71 bits per heavy atom. The van der Waals surface area contributed by atoms with Crippen LogP contribution in [0.1, 0.15) is 21.5 Å². The molecule has 0 saturated carbocycles. The van der Waals surface area contributed by atoms with E-state index in [0.29, 0.717) is 6.07 Å². The van der Waals surface area contributed by atoms with Crippen molar-refractivity contribution in [1.82, 2.24) is 0 Å². The number of hydrogen-bond donors (Lipinski definition) is 1. The van der Waals surface area contributed by atoms with Crippen molar-refractivity contribution in [3.8, 4) is 0 Å². The zero-order valence-corrected chi connectivity index (χ0v) is 11.8. The fourth-order valence-corrected chi connectivity index (χ4v) is 2.32. The molecular formula is C14H10F6N2O2. The minimum absolute atomic E-state index is 0.134. The summed E-state index contributed by atoms with van der Waals surface area (Å²) in [6, 6.07) is 0.229. The van der Waals surface area contributed by atoms with E-state index < -0.39 is 53.0 Å². The molecule has 0 radical (unpaired) electrons. The van der Waals surface area contributed by atoms with Crippen LogP contribution in [0.5, 0.6) is 0 Å². The Labute approximate surface area is 131 Å². The average molecular weight is 352 g/mol. The summed E-state index contributed by atoms with van der Waals surface area (Å²) in [5.41, 5.74) is -0.190. The molecule has 1 aliphatic rings. The SMILES string of the molecule is NC(=O)c1c(N2CC=CC(=O)C2)cc(C(F)(F)F)cc1C(F)(F)F. The third-order valence-electron chi connectivity index (χ3n) is 3.31. The van der Waals surface area contributed by atoms with Gasteiger partial charge in [-0.15, -0.1) is 0 Å². The smallest absolute Gasteiger partial charge is 0.366 e. The standard InChI is InChI=1S/C14H10F6N2O2/c15-13(16,17)7-4-9(14(18,19)20)11(12(21)24)10(5-7)22-3-1-2-8(23)6-22/h1-2,4-5H,3,6H2,(H2,21,24). The van der Waals surface area contributed by atoms with Crippen molar-refractivity contribution in [3.63, 3.8) is 0 Å². The number of rotatable bonds is 2. The number of amides is 1. The summed E-state index contributed by atoms with van der Waals surface area (Å²) in [5.74, 6) is -2.06. The van der Waals surface area contributed by atoms with E-state index in [1.54, 1.807) is 0 Å². The largest absolute Gasteiger partial charge is 0.417 e. The lowest BCUT2D eigenvalue weighted by Crippen LogP contribution is -2.35. The molecule has 0 fully saturated rings. The molecule has 4 nitrogen and oxygen atoms in total. The molecule has 0 bridgehead atoms. The van der Waals surface area contributed by atoms with Crippen molar-refractivity contribution in [2.75, 3.05) is 18.0 Å². The van der Waals surface area contributed by atoms with Gasteiger partial charge in [0.25, 0.3) is 5.91 Å². The zero-order valence-electron chi connectivity index (χ0n) is 11.8.